The Morgan fingerprint density at radius 3 is 2.94 bits per heavy atom. The number of hydrogen-bond acceptors (Lipinski definition) is 4. The molecule has 0 heterocycles. The van der Waals surface area contributed by atoms with Gasteiger partial charge in [-0.05, 0) is 25.1 Å². The van der Waals surface area contributed by atoms with Gasteiger partial charge in [-0.1, -0.05) is 17.7 Å². The van der Waals surface area contributed by atoms with E-state index in [9.17, 15) is 9.90 Å². The Balaban J connectivity index is 2.29. The van der Waals surface area contributed by atoms with E-state index in [2.05, 4.69) is 10.1 Å². The standard InChI is InChI=1S/C12H16ClNO3/c1-17-12(16)6-3-7-14-8-9-10(13)4-2-5-11(9)15/h2,4-5,14-15H,3,6-8H2,1H3. The first-order chi connectivity index (χ1) is 8.15. The fourth-order valence-corrected chi connectivity index (χ4v) is 1.63. The van der Waals surface area contributed by atoms with Crippen LogP contribution in [0.15, 0.2) is 18.2 Å². The van der Waals surface area contributed by atoms with Gasteiger partial charge >= 0.3 is 5.97 Å². The molecule has 94 valence electrons. The van der Waals surface area contributed by atoms with Crippen LogP contribution < -0.4 is 5.32 Å². The summed E-state index contributed by atoms with van der Waals surface area (Å²) in [5.41, 5.74) is 0.673. The largest absolute Gasteiger partial charge is 0.508 e. The van der Waals surface area contributed by atoms with E-state index in [1.165, 1.54) is 7.11 Å². The number of benzene rings is 1. The molecular weight excluding hydrogens is 242 g/mol. The summed E-state index contributed by atoms with van der Waals surface area (Å²) in [7, 11) is 1.37. The Hall–Kier alpha value is -1.26. The molecule has 1 aromatic rings. The lowest BCUT2D eigenvalue weighted by atomic mass is 10.2. The normalized spacial score (nSPS) is 10.2. The zero-order chi connectivity index (χ0) is 12.7. The van der Waals surface area contributed by atoms with Crippen molar-refractivity contribution in [1.82, 2.24) is 5.32 Å². The molecule has 1 aromatic carbocycles. The number of esters is 1. The van der Waals surface area contributed by atoms with Crippen LogP contribution in [-0.2, 0) is 16.1 Å². The van der Waals surface area contributed by atoms with Gasteiger partial charge in [0, 0.05) is 23.6 Å². The molecule has 2 N–H and O–H groups in total. The van der Waals surface area contributed by atoms with Gasteiger partial charge < -0.3 is 15.2 Å². The van der Waals surface area contributed by atoms with Crippen LogP contribution in [0.4, 0.5) is 0 Å². The maximum absolute atomic E-state index is 10.8. The summed E-state index contributed by atoms with van der Waals surface area (Å²) < 4.78 is 4.53. The third-order valence-corrected chi connectivity index (χ3v) is 2.71. The first-order valence-electron chi connectivity index (χ1n) is 5.39. The predicted octanol–water partition coefficient (Wildman–Crippen LogP) is 2.09. The van der Waals surface area contributed by atoms with Crippen LogP contribution in [-0.4, -0.2) is 24.7 Å². The lowest BCUT2D eigenvalue weighted by Gasteiger charge is -2.08. The second kappa shape index (κ2) is 7.14. The topological polar surface area (TPSA) is 58.6 Å². The van der Waals surface area contributed by atoms with Gasteiger partial charge in [-0.2, -0.15) is 0 Å². The number of hydrogen-bond donors (Lipinski definition) is 2. The van der Waals surface area contributed by atoms with Gasteiger partial charge in [0.25, 0.3) is 0 Å². The summed E-state index contributed by atoms with van der Waals surface area (Å²) >= 11 is 5.94. The van der Waals surface area contributed by atoms with E-state index in [0.717, 1.165) is 0 Å². The van der Waals surface area contributed by atoms with Gasteiger partial charge in [-0.3, -0.25) is 4.79 Å². The number of methoxy groups -OCH3 is 1. The van der Waals surface area contributed by atoms with Gasteiger partial charge in [0.1, 0.15) is 5.75 Å². The molecular formula is C12H16ClNO3. The first kappa shape index (κ1) is 13.8. The summed E-state index contributed by atoms with van der Waals surface area (Å²) in [6.45, 7) is 1.15. The minimum absolute atomic E-state index is 0.179. The molecule has 0 fully saturated rings. The minimum Gasteiger partial charge on any atom is -0.508 e. The van der Waals surface area contributed by atoms with E-state index in [0.29, 0.717) is 36.5 Å². The molecule has 0 saturated carbocycles. The monoisotopic (exact) mass is 257 g/mol. The molecule has 0 aliphatic carbocycles. The molecule has 0 bridgehead atoms. The van der Waals surface area contributed by atoms with E-state index in [-0.39, 0.29) is 11.7 Å². The van der Waals surface area contributed by atoms with Crippen LogP contribution in [0.3, 0.4) is 0 Å². The van der Waals surface area contributed by atoms with Gasteiger partial charge in [0.15, 0.2) is 0 Å². The summed E-state index contributed by atoms with van der Waals surface area (Å²) in [5, 5.41) is 13.2. The fraction of sp³-hybridized carbons (Fsp3) is 0.417. The van der Waals surface area contributed by atoms with Crippen molar-refractivity contribution in [2.24, 2.45) is 0 Å². The van der Waals surface area contributed by atoms with Crippen molar-refractivity contribution in [3.05, 3.63) is 28.8 Å². The number of nitrogens with one attached hydrogen (secondary N) is 1. The molecule has 0 spiro atoms. The Kier molecular flexibility index (Phi) is 5.80. The quantitative estimate of drug-likeness (QED) is 0.605. The van der Waals surface area contributed by atoms with Crippen molar-refractivity contribution in [3.63, 3.8) is 0 Å². The molecule has 1 rings (SSSR count). The van der Waals surface area contributed by atoms with E-state index in [4.69, 9.17) is 11.6 Å². The third kappa shape index (κ3) is 4.63. The number of aromatic hydroxyl groups is 1. The van der Waals surface area contributed by atoms with Gasteiger partial charge in [-0.15, -0.1) is 0 Å². The molecule has 0 amide bonds. The lowest BCUT2D eigenvalue weighted by Crippen LogP contribution is -2.16. The summed E-state index contributed by atoms with van der Waals surface area (Å²) in [6, 6.07) is 5.02. The average molecular weight is 258 g/mol. The highest BCUT2D eigenvalue weighted by atomic mass is 35.5. The fourth-order valence-electron chi connectivity index (χ4n) is 1.40. The highest BCUT2D eigenvalue weighted by Crippen LogP contribution is 2.24. The molecule has 0 aromatic heterocycles. The van der Waals surface area contributed by atoms with Crippen LogP contribution in [0.5, 0.6) is 5.75 Å². The Labute approximate surface area is 106 Å². The number of rotatable bonds is 6. The Morgan fingerprint density at radius 2 is 2.29 bits per heavy atom. The van der Waals surface area contributed by atoms with Crippen molar-refractivity contribution >= 4 is 17.6 Å². The van der Waals surface area contributed by atoms with Crippen LogP contribution in [0.25, 0.3) is 0 Å². The van der Waals surface area contributed by atoms with E-state index in [1.54, 1.807) is 18.2 Å². The van der Waals surface area contributed by atoms with Gasteiger partial charge in [0.05, 0.1) is 7.11 Å². The number of carbonyl (C=O) groups excluding carboxylic acids is 1. The Bertz CT molecular complexity index is 362. The minimum atomic E-state index is -0.215. The molecule has 0 radical (unpaired) electrons. The number of phenols is 1. The van der Waals surface area contributed by atoms with Gasteiger partial charge in [0.2, 0.25) is 0 Å². The molecule has 0 saturated heterocycles. The number of ether oxygens (including phenoxy) is 1. The summed E-state index contributed by atoms with van der Waals surface area (Å²) in [4.78, 5) is 10.8. The van der Waals surface area contributed by atoms with E-state index < -0.39 is 0 Å². The SMILES string of the molecule is COC(=O)CCCNCc1c(O)cccc1Cl. The highest BCUT2D eigenvalue weighted by Gasteiger charge is 2.05. The number of halogens is 1. The van der Waals surface area contributed by atoms with Crippen molar-refractivity contribution in [2.75, 3.05) is 13.7 Å². The zero-order valence-electron chi connectivity index (χ0n) is 9.70. The average Bonchev–Trinajstić information content (AvgIpc) is 2.31. The van der Waals surface area contributed by atoms with E-state index in [1.807, 2.05) is 0 Å². The molecule has 17 heavy (non-hydrogen) atoms. The Morgan fingerprint density at radius 1 is 1.53 bits per heavy atom. The lowest BCUT2D eigenvalue weighted by molar-refractivity contribution is -0.140. The van der Waals surface area contributed by atoms with E-state index >= 15 is 0 Å². The maximum atomic E-state index is 10.8. The highest BCUT2D eigenvalue weighted by molar-refractivity contribution is 6.31. The second-order valence-corrected chi connectivity index (χ2v) is 4.00. The molecule has 4 nitrogen and oxygen atoms in total. The van der Waals surface area contributed by atoms with Crippen molar-refractivity contribution in [2.45, 2.75) is 19.4 Å². The van der Waals surface area contributed by atoms with Crippen molar-refractivity contribution in [1.29, 1.82) is 0 Å². The number of carbonyl (C=O) groups is 1. The third-order valence-electron chi connectivity index (χ3n) is 2.36. The van der Waals surface area contributed by atoms with Crippen LogP contribution in [0.2, 0.25) is 5.02 Å². The summed E-state index contributed by atoms with van der Waals surface area (Å²) in [6.07, 6.45) is 1.08. The van der Waals surface area contributed by atoms with Gasteiger partial charge in [-0.25, -0.2) is 0 Å². The molecule has 0 aliphatic heterocycles. The molecule has 0 unspecified atom stereocenters. The maximum Gasteiger partial charge on any atom is 0.305 e. The summed E-state index contributed by atoms with van der Waals surface area (Å²) in [5.74, 6) is -0.0367. The van der Waals surface area contributed by atoms with Crippen molar-refractivity contribution in [3.8, 4) is 5.75 Å². The molecule has 0 aliphatic rings. The smallest absolute Gasteiger partial charge is 0.305 e. The van der Waals surface area contributed by atoms with Crippen LogP contribution in [0.1, 0.15) is 18.4 Å². The second-order valence-electron chi connectivity index (χ2n) is 3.59. The molecule has 0 atom stereocenters. The first-order valence-corrected chi connectivity index (χ1v) is 5.77. The van der Waals surface area contributed by atoms with Crippen LogP contribution in [0, 0.1) is 0 Å². The van der Waals surface area contributed by atoms with Crippen molar-refractivity contribution < 1.29 is 14.6 Å². The molecule has 5 heteroatoms. The zero-order valence-corrected chi connectivity index (χ0v) is 10.5. The number of phenolic OH excluding ortho intramolecular Hbond substituents is 1. The van der Waals surface area contributed by atoms with Crippen LogP contribution >= 0.6 is 11.6 Å². The predicted molar refractivity (Wildman–Crippen MR) is 66.1 cm³/mol.